The van der Waals surface area contributed by atoms with Gasteiger partial charge in [0.15, 0.2) is 0 Å². The maximum absolute atomic E-state index is 11.5. The van der Waals surface area contributed by atoms with Gasteiger partial charge in [-0.3, -0.25) is 4.79 Å². The Bertz CT molecular complexity index is 333. The first-order valence-corrected chi connectivity index (χ1v) is 5.59. The van der Waals surface area contributed by atoms with E-state index >= 15 is 0 Å². The number of nitrogens with one attached hydrogen (secondary N) is 1. The van der Waals surface area contributed by atoms with E-state index in [0.717, 1.165) is 13.0 Å². The fraction of sp³-hybridized carbons (Fsp3) is 0.636. The zero-order chi connectivity index (χ0) is 11.4. The van der Waals surface area contributed by atoms with Gasteiger partial charge in [0, 0.05) is 25.0 Å². The number of ether oxygens (including phenoxy) is 1. The van der Waals surface area contributed by atoms with Crippen molar-refractivity contribution in [3.63, 3.8) is 0 Å². The number of hydrogen-bond donors (Lipinski definition) is 1. The minimum Gasteiger partial charge on any atom is -0.468 e. The van der Waals surface area contributed by atoms with E-state index in [9.17, 15) is 4.79 Å². The molecule has 1 N–H and O–H groups in total. The normalized spacial score (nSPS) is 17.1. The largest absolute Gasteiger partial charge is 0.468 e. The molecule has 1 fully saturated rings. The molecule has 0 radical (unpaired) electrons. The van der Waals surface area contributed by atoms with Crippen molar-refractivity contribution in [1.82, 2.24) is 14.9 Å². The number of methoxy groups -OCH3 is 1. The minimum absolute atomic E-state index is 0.174. The molecule has 1 atom stereocenters. The third-order valence-corrected chi connectivity index (χ3v) is 2.74. The molecule has 1 heterocycles. The molecule has 1 saturated carbocycles. The number of esters is 1. The van der Waals surface area contributed by atoms with Crippen LogP contribution in [-0.4, -0.2) is 34.7 Å². The number of hydrogen-bond acceptors (Lipinski definition) is 4. The summed E-state index contributed by atoms with van der Waals surface area (Å²) in [6.07, 6.45) is 8.45. The van der Waals surface area contributed by atoms with Crippen LogP contribution in [0.2, 0.25) is 0 Å². The molecular formula is C11H17N3O2. The summed E-state index contributed by atoms with van der Waals surface area (Å²) in [4.78, 5) is 15.5. The first-order valence-electron chi connectivity index (χ1n) is 5.59. The highest BCUT2D eigenvalue weighted by Gasteiger charge is 2.28. The summed E-state index contributed by atoms with van der Waals surface area (Å²) in [5, 5.41) is 3.30. The van der Waals surface area contributed by atoms with Crippen molar-refractivity contribution < 1.29 is 9.53 Å². The smallest absolute Gasteiger partial charge is 0.322 e. The van der Waals surface area contributed by atoms with Crippen LogP contribution in [0.1, 0.15) is 19.3 Å². The highest BCUT2D eigenvalue weighted by molar-refractivity contribution is 5.75. The van der Waals surface area contributed by atoms with Crippen LogP contribution in [-0.2, 0) is 16.1 Å². The van der Waals surface area contributed by atoms with E-state index in [-0.39, 0.29) is 12.0 Å². The average molecular weight is 223 g/mol. The minimum atomic E-state index is -0.195. The molecule has 0 aliphatic heterocycles. The summed E-state index contributed by atoms with van der Waals surface area (Å²) in [6, 6.07) is 0.312. The summed E-state index contributed by atoms with van der Waals surface area (Å²) in [5.74, 6) is -0.174. The third-order valence-electron chi connectivity index (χ3n) is 2.74. The molecule has 0 bridgehead atoms. The van der Waals surface area contributed by atoms with Crippen LogP contribution in [0.25, 0.3) is 0 Å². The standard InChI is InChI=1S/C11H17N3O2/c1-16-11(15)10(13-9-2-3-9)4-6-14-7-5-12-8-14/h5,7-10,13H,2-4,6H2,1H3. The lowest BCUT2D eigenvalue weighted by molar-refractivity contribution is -0.143. The number of carbonyl (C=O) groups is 1. The van der Waals surface area contributed by atoms with Gasteiger partial charge in [-0.15, -0.1) is 0 Å². The van der Waals surface area contributed by atoms with E-state index < -0.39 is 0 Å². The molecule has 1 aromatic rings. The van der Waals surface area contributed by atoms with Crippen LogP contribution in [0.4, 0.5) is 0 Å². The van der Waals surface area contributed by atoms with Gasteiger partial charge >= 0.3 is 5.97 Å². The fourth-order valence-electron chi connectivity index (χ4n) is 1.64. The van der Waals surface area contributed by atoms with Gasteiger partial charge in [0.1, 0.15) is 6.04 Å². The van der Waals surface area contributed by atoms with Crippen LogP contribution in [0.15, 0.2) is 18.7 Å². The zero-order valence-electron chi connectivity index (χ0n) is 9.43. The van der Waals surface area contributed by atoms with E-state index in [1.165, 1.54) is 20.0 Å². The van der Waals surface area contributed by atoms with Gasteiger partial charge in [0.2, 0.25) is 0 Å². The lowest BCUT2D eigenvalue weighted by atomic mass is 10.2. The van der Waals surface area contributed by atoms with Gasteiger partial charge in [-0.1, -0.05) is 0 Å². The molecule has 0 amide bonds. The molecule has 2 rings (SSSR count). The summed E-state index contributed by atoms with van der Waals surface area (Å²) in [7, 11) is 1.43. The highest BCUT2D eigenvalue weighted by Crippen LogP contribution is 2.20. The maximum atomic E-state index is 11.5. The van der Waals surface area contributed by atoms with Gasteiger partial charge in [0.05, 0.1) is 13.4 Å². The van der Waals surface area contributed by atoms with Gasteiger partial charge in [0.25, 0.3) is 0 Å². The lowest BCUT2D eigenvalue weighted by Crippen LogP contribution is -2.39. The number of imidazole rings is 1. The van der Waals surface area contributed by atoms with Crippen molar-refractivity contribution >= 4 is 5.97 Å². The number of aryl methyl sites for hydroxylation is 1. The Balaban J connectivity index is 1.83. The summed E-state index contributed by atoms with van der Waals surface area (Å²) < 4.78 is 6.75. The Morgan fingerprint density at radius 3 is 3.06 bits per heavy atom. The Kier molecular flexibility index (Phi) is 3.56. The molecule has 0 aromatic carbocycles. The zero-order valence-corrected chi connectivity index (χ0v) is 9.43. The average Bonchev–Trinajstić information content (AvgIpc) is 2.97. The monoisotopic (exact) mass is 223 g/mol. The highest BCUT2D eigenvalue weighted by atomic mass is 16.5. The number of aromatic nitrogens is 2. The van der Waals surface area contributed by atoms with Crippen LogP contribution in [0.5, 0.6) is 0 Å². The summed E-state index contributed by atoms with van der Waals surface area (Å²) in [5.41, 5.74) is 0. The molecule has 1 aliphatic carbocycles. The van der Waals surface area contributed by atoms with Crippen LogP contribution >= 0.6 is 0 Å². The molecule has 1 unspecified atom stereocenters. The molecule has 1 aliphatic rings. The van der Waals surface area contributed by atoms with Crippen LogP contribution < -0.4 is 5.32 Å². The molecule has 0 saturated heterocycles. The summed E-state index contributed by atoms with van der Waals surface area (Å²) >= 11 is 0. The van der Waals surface area contributed by atoms with Crippen molar-refractivity contribution in [1.29, 1.82) is 0 Å². The van der Waals surface area contributed by atoms with E-state index in [2.05, 4.69) is 10.3 Å². The van der Waals surface area contributed by atoms with Crippen LogP contribution in [0, 0.1) is 0 Å². The molecule has 1 aromatic heterocycles. The number of rotatable bonds is 6. The molecule has 16 heavy (non-hydrogen) atoms. The SMILES string of the molecule is COC(=O)C(CCn1ccnc1)NC1CC1. The van der Waals surface area contributed by atoms with Crippen molar-refractivity contribution in [2.75, 3.05) is 7.11 Å². The van der Waals surface area contributed by atoms with E-state index in [0.29, 0.717) is 6.04 Å². The van der Waals surface area contributed by atoms with Gasteiger partial charge < -0.3 is 14.6 Å². The second-order valence-electron chi connectivity index (χ2n) is 4.11. The third kappa shape index (κ3) is 3.06. The predicted molar refractivity (Wildman–Crippen MR) is 58.8 cm³/mol. The number of nitrogens with zero attached hydrogens (tertiary/aromatic N) is 2. The van der Waals surface area contributed by atoms with E-state index in [4.69, 9.17) is 4.74 Å². The molecule has 0 spiro atoms. The molecular weight excluding hydrogens is 206 g/mol. The van der Waals surface area contributed by atoms with Crippen molar-refractivity contribution in [2.45, 2.75) is 37.9 Å². The molecule has 5 heteroatoms. The van der Waals surface area contributed by atoms with Gasteiger partial charge in [-0.05, 0) is 19.3 Å². The van der Waals surface area contributed by atoms with Crippen LogP contribution in [0.3, 0.4) is 0 Å². The summed E-state index contributed by atoms with van der Waals surface area (Å²) in [6.45, 7) is 0.777. The predicted octanol–water partition coefficient (Wildman–Crippen LogP) is 0.567. The topological polar surface area (TPSA) is 56.2 Å². The first-order chi connectivity index (χ1) is 7.79. The Morgan fingerprint density at radius 2 is 2.50 bits per heavy atom. The maximum Gasteiger partial charge on any atom is 0.322 e. The van der Waals surface area contributed by atoms with Crippen molar-refractivity contribution in [3.8, 4) is 0 Å². The lowest BCUT2D eigenvalue weighted by Gasteiger charge is -2.16. The van der Waals surface area contributed by atoms with Crippen molar-refractivity contribution in [2.24, 2.45) is 0 Å². The molecule has 5 nitrogen and oxygen atoms in total. The van der Waals surface area contributed by atoms with E-state index in [1.807, 2.05) is 10.8 Å². The Morgan fingerprint density at radius 1 is 1.69 bits per heavy atom. The second-order valence-corrected chi connectivity index (χ2v) is 4.11. The Labute approximate surface area is 94.8 Å². The van der Waals surface area contributed by atoms with Gasteiger partial charge in [-0.25, -0.2) is 4.98 Å². The second kappa shape index (κ2) is 5.12. The Hall–Kier alpha value is -1.36. The fourth-order valence-corrected chi connectivity index (χ4v) is 1.64. The van der Waals surface area contributed by atoms with E-state index in [1.54, 1.807) is 12.5 Å². The first kappa shape index (κ1) is 11.1. The number of carbonyl (C=O) groups excluding carboxylic acids is 1. The van der Waals surface area contributed by atoms with Gasteiger partial charge in [-0.2, -0.15) is 0 Å². The van der Waals surface area contributed by atoms with Crippen molar-refractivity contribution in [3.05, 3.63) is 18.7 Å². The molecule has 88 valence electrons. The quantitative estimate of drug-likeness (QED) is 0.716.